The summed E-state index contributed by atoms with van der Waals surface area (Å²) in [5.41, 5.74) is 0. The van der Waals surface area contributed by atoms with Gasteiger partial charge in [-0.05, 0) is 19.9 Å². The summed E-state index contributed by atoms with van der Waals surface area (Å²) in [5, 5.41) is 1.15. The molecule has 1 heterocycles. The number of aromatic nitrogens is 1. The fraction of sp³-hybridized carbons (Fsp3) is 0.444. The lowest BCUT2D eigenvalue weighted by molar-refractivity contribution is 0.162. The van der Waals surface area contributed by atoms with E-state index in [2.05, 4.69) is 4.98 Å². The maximum absolute atomic E-state index is 5.54. The van der Waals surface area contributed by atoms with Crippen LogP contribution in [0.25, 0.3) is 0 Å². The molecule has 0 spiro atoms. The molecule has 0 aliphatic heterocycles. The van der Waals surface area contributed by atoms with Crippen LogP contribution in [0.5, 0.6) is 0 Å². The molecule has 80 valence electrons. The summed E-state index contributed by atoms with van der Waals surface area (Å²) in [4.78, 5) is 3.68. The summed E-state index contributed by atoms with van der Waals surface area (Å²) < 4.78 is 4.83. The van der Waals surface area contributed by atoms with Gasteiger partial charge in [-0.15, -0.1) is 0 Å². The molecule has 0 saturated carbocycles. The molecule has 0 atom stereocenters. The van der Waals surface area contributed by atoms with E-state index in [1.54, 1.807) is 6.07 Å². The smallest absolute Gasteiger partial charge is 0.147 e. The van der Waals surface area contributed by atoms with Gasteiger partial charge < -0.3 is 4.74 Å². The van der Waals surface area contributed by atoms with Crippen molar-refractivity contribution in [3.63, 3.8) is 0 Å². The van der Waals surface area contributed by atoms with Crippen molar-refractivity contribution < 1.29 is 4.74 Å². The van der Waals surface area contributed by atoms with Crippen molar-refractivity contribution in [2.24, 2.45) is 0 Å². The Labute approximate surface area is 99.1 Å². The molecule has 0 N–H and O–H groups in total. The van der Waals surface area contributed by atoms with Crippen molar-refractivity contribution in [2.75, 3.05) is 13.2 Å². The number of rotatable bonds is 2. The summed E-state index contributed by atoms with van der Waals surface area (Å²) in [6.07, 6.45) is 1.44. The van der Waals surface area contributed by atoms with Crippen molar-refractivity contribution in [1.29, 1.82) is 0 Å². The van der Waals surface area contributed by atoms with Crippen LogP contribution < -0.4 is 0 Å². The van der Waals surface area contributed by atoms with Crippen molar-refractivity contribution in [1.82, 2.24) is 4.98 Å². The highest BCUT2D eigenvalue weighted by Crippen LogP contribution is 2.21. The average Bonchev–Trinajstić information content (AvgIpc) is 2.14. The Morgan fingerprint density at radius 3 is 2.07 bits per heavy atom. The van der Waals surface area contributed by atoms with Crippen LogP contribution in [0.3, 0.4) is 0 Å². The predicted octanol–water partition coefficient (Wildman–Crippen LogP) is 4.08. The second kappa shape index (κ2) is 8.30. The SMILES string of the molecule is CCOCC.Clc1cnc(Cl)c(Cl)c1. The minimum atomic E-state index is 0.279. The highest BCUT2D eigenvalue weighted by molar-refractivity contribution is 6.42. The monoisotopic (exact) mass is 255 g/mol. The van der Waals surface area contributed by atoms with E-state index in [-0.39, 0.29) is 5.15 Å². The maximum atomic E-state index is 5.54. The van der Waals surface area contributed by atoms with Crippen LogP contribution in [0.2, 0.25) is 15.2 Å². The molecule has 0 aliphatic carbocycles. The van der Waals surface area contributed by atoms with Crippen LogP contribution in [-0.4, -0.2) is 18.2 Å². The summed E-state index contributed by atoms with van der Waals surface area (Å²) in [6, 6.07) is 1.54. The first-order valence-corrected chi connectivity index (χ1v) is 5.29. The van der Waals surface area contributed by atoms with E-state index in [0.29, 0.717) is 10.0 Å². The topological polar surface area (TPSA) is 22.1 Å². The lowest BCUT2D eigenvalue weighted by atomic mass is 10.5. The van der Waals surface area contributed by atoms with Gasteiger partial charge in [0.05, 0.1) is 10.0 Å². The van der Waals surface area contributed by atoms with Gasteiger partial charge in [0.1, 0.15) is 5.15 Å². The molecule has 2 nitrogen and oxygen atoms in total. The molecular formula is C9H12Cl3NO. The first-order valence-electron chi connectivity index (χ1n) is 4.16. The van der Waals surface area contributed by atoms with Gasteiger partial charge in [0.2, 0.25) is 0 Å². The molecule has 0 amide bonds. The molecule has 0 bridgehead atoms. The van der Waals surface area contributed by atoms with Gasteiger partial charge in [-0.2, -0.15) is 0 Å². The molecule has 14 heavy (non-hydrogen) atoms. The van der Waals surface area contributed by atoms with Crippen molar-refractivity contribution in [3.05, 3.63) is 27.5 Å². The van der Waals surface area contributed by atoms with E-state index in [1.165, 1.54) is 6.20 Å². The van der Waals surface area contributed by atoms with Crippen LogP contribution in [-0.2, 0) is 4.74 Å². The quantitative estimate of drug-likeness (QED) is 0.744. The Hall–Kier alpha value is -0.0200. The summed E-state index contributed by atoms with van der Waals surface area (Å²) in [5.74, 6) is 0. The third kappa shape index (κ3) is 6.44. The minimum Gasteiger partial charge on any atom is -0.382 e. The molecule has 0 fully saturated rings. The Kier molecular flexibility index (Phi) is 8.29. The number of halogens is 3. The molecule has 1 aromatic rings. The average molecular weight is 257 g/mol. The fourth-order valence-corrected chi connectivity index (χ4v) is 1.09. The Morgan fingerprint density at radius 2 is 1.79 bits per heavy atom. The van der Waals surface area contributed by atoms with Crippen LogP contribution in [0.1, 0.15) is 13.8 Å². The fourth-order valence-electron chi connectivity index (χ4n) is 0.602. The predicted molar refractivity (Wildman–Crippen MR) is 61.4 cm³/mol. The standard InChI is InChI=1S/C5H2Cl3N.C4H10O/c6-3-1-4(7)5(8)9-2-3;1-3-5-4-2/h1-2H;3-4H2,1-2H3. The zero-order valence-electron chi connectivity index (χ0n) is 8.06. The summed E-state index contributed by atoms with van der Waals surface area (Å²) >= 11 is 16.5. The second-order valence-corrected chi connectivity index (χ2v) is 3.41. The summed E-state index contributed by atoms with van der Waals surface area (Å²) in [6.45, 7) is 5.67. The summed E-state index contributed by atoms with van der Waals surface area (Å²) in [7, 11) is 0. The van der Waals surface area contributed by atoms with Crippen molar-refractivity contribution in [3.8, 4) is 0 Å². The largest absolute Gasteiger partial charge is 0.382 e. The van der Waals surface area contributed by atoms with Crippen molar-refractivity contribution >= 4 is 34.8 Å². The molecule has 1 aromatic heterocycles. The van der Waals surface area contributed by atoms with Gasteiger partial charge in [-0.3, -0.25) is 0 Å². The van der Waals surface area contributed by atoms with E-state index in [4.69, 9.17) is 39.5 Å². The molecule has 0 radical (unpaired) electrons. The first kappa shape index (κ1) is 14.0. The van der Waals surface area contributed by atoms with Crippen LogP contribution >= 0.6 is 34.8 Å². The zero-order valence-corrected chi connectivity index (χ0v) is 10.3. The van der Waals surface area contributed by atoms with Gasteiger partial charge in [-0.25, -0.2) is 4.98 Å². The normalized spacial score (nSPS) is 9.21. The van der Waals surface area contributed by atoms with Crippen LogP contribution in [0, 0.1) is 0 Å². The van der Waals surface area contributed by atoms with E-state index < -0.39 is 0 Å². The van der Waals surface area contributed by atoms with E-state index >= 15 is 0 Å². The highest BCUT2D eigenvalue weighted by Gasteiger charge is 1.96. The number of hydrogen-bond acceptors (Lipinski definition) is 2. The van der Waals surface area contributed by atoms with Crippen molar-refractivity contribution in [2.45, 2.75) is 13.8 Å². The second-order valence-electron chi connectivity index (χ2n) is 2.21. The number of pyridine rings is 1. The number of nitrogens with zero attached hydrogens (tertiary/aromatic N) is 1. The van der Waals surface area contributed by atoms with Gasteiger partial charge in [0.15, 0.2) is 0 Å². The molecule has 0 saturated heterocycles. The molecule has 1 rings (SSSR count). The van der Waals surface area contributed by atoms with E-state index in [1.807, 2.05) is 13.8 Å². The molecule has 0 aliphatic rings. The lowest BCUT2D eigenvalue weighted by Crippen LogP contribution is -1.84. The van der Waals surface area contributed by atoms with Gasteiger partial charge in [-0.1, -0.05) is 34.8 Å². The first-order chi connectivity index (χ1) is 6.61. The molecule has 0 unspecified atom stereocenters. The van der Waals surface area contributed by atoms with E-state index in [0.717, 1.165) is 13.2 Å². The Morgan fingerprint density at radius 1 is 1.21 bits per heavy atom. The van der Waals surface area contributed by atoms with Gasteiger partial charge in [0.25, 0.3) is 0 Å². The van der Waals surface area contributed by atoms with Crippen LogP contribution in [0.4, 0.5) is 0 Å². The van der Waals surface area contributed by atoms with E-state index in [9.17, 15) is 0 Å². The molecule has 0 aromatic carbocycles. The molecule has 5 heteroatoms. The van der Waals surface area contributed by atoms with Gasteiger partial charge in [0, 0.05) is 19.4 Å². The highest BCUT2D eigenvalue weighted by atomic mass is 35.5. The molecular weight excluding hydrogens is 244 g/mol. The third-order valence-corrected chi connectivity index (χ3v) is 2.06. The van der Waals surface area contributed by atoms with Gasteiger partial charge >= 0.3 is 0 Å². The Balaban J connectivity index is 0.000000292. The number of hydrogen-bond donors (Lipinski definition) is 0. The zero-order chi connectivity index (χ0) is 11.0. The minimum absolute atomic E-state index is 0.279. The van der Waals surface area contributed by atoms with Crippen LogP contribution in [0.15, 0.2) is 12.3 Å². The Bertz CT molecular complexity index is 266. The number of ether oxygens (including phenoxy) is 1. The lowest BCUT2D eigenvalue weighted by Gasteiger charge is -1.91. The third-order valence-electron chi connectivity index (χ3n) is 1.17. The maximum Gasteiger partial charge on any atom is 0.147 e.